The fraction of sp³-hybridized carbons (Fsp3) is 0.167. The van der Waals surface area contributed by atoms with Gasteiger partial charge in [0, 0.05) is 18.9 Å². The highest BCUT2D eigenvalue weighted by atomic mass is 19.1. The lowest BCUT2D eigenvalue weighted by Crippen LogP contribution is -2.19. The number of hydrogen-bond acceptors (Lipinski definition) is 2. The zero-order valence-electron chi connectivity index (χ0n) is 10.1. The van der Waals surface area contributed by atoms with E-state index < -0.39 is 6.03 Å². The van der Waals surface area contributed by atoms with E-state index in [1.165, 1.54) is 24.3 Å². The molecule has 0 saturated heterocycles. The van der Waals surface area contributed by atoms with Crippen molar-refractivity contribution in [2.75, 3.05) is 10.6 Å². The summed E-state index contributed by atoms with van der Waals surface area (Å²) in [6.45, 7) is 1.80. The monoisotopic (exact) mass is 248 g/mol. The van der Waals surface area contributed by atoms with Crippen LogP contribution in [0, 0.1) is 12.7 Å². The summed E-state index contributed by atoms with van der Waals surface area (Å²) < 4.78 is 14.3. The van der Waals surface area contributed by atoms with Crippen molar-refractivity contribution in [2.24, 2.45) is 7.05 Å². The van der Waals surface area contributed by atoms with Crippen LogP contribution in [0.15, 0.2) is 30.5 Å². The first-order valence-corrected chi connectivity index (χ1v) is 5.38. The summed E-state index contributed by atoms with van der Waals surface area (Å²) in [5, 5.41) is 9.37. The second-order valence-corrected chi connectivity index (χ2v) is 3.89. The Morgan fingerprint density at radius 2 is 1.94 bits per heavy atom. The van der Waals surface area contributed by atoms with Gasteiger partial charge in [-0.25, -0.2) is 9.18 Å². The van der Waals surface area contributed by atoms with Crippen LogP contribution in [0.5, 0.6) is 0 Å². The van der Waals surface area contributed by atoms with Crippen LogP contribution in [0.1, 0.15) is 5.69 Å². The molecule has 6 heteroatoms. The minimum absolute atomic E-state index is 0.343. The Hall–Kier alpha value is -2.37. The highest BCUT2D eigenvalue weighted by Crippen LogP contribution is 2.13. The molecular weight excluding hydrogens is 235 g/mol. The minimum atomic E-state index is -0.391. The van der Waals surface area contributed by atoms with Crippen LogP contribution in [-0.2, 0) is 7.05 Å². The molecule has 94 valence electrons. The lowest BCUT2D eigenvalue weighted by atomic mass is 10.3. The number of nitrogens with zero attached hydrogens (tertiary/aromatic N) is 2. The van der Waals surface area contributed by atoms with Gasteiger partial charge >= 0.3 is 6.03 Å². The number of rotatable bonds is 2. The molecule has 0 radical (unpaired) electrons. The largest absolute Gasteiger partial charge is 0.323 e. The number of nitrogens with one attached hydrogen (secondary N) is 2. The Balaban J connectivity index is 2.01. The van der Waals surface area contributed by atoms with Crippen LogP contribution < -0.4 is 10.6 Å². The van der Waals surface area contributed by atoms with Crippen molar-refractivity contribution in [2.45, 2.75) is 6.92 Å². The number of urea groups is 1. The second-order valence-electron chi connectivity index (χ2n) is 3.89. The topological polar surface area (TPSA) is 59.0 Å². The smallest absolute Gasteiger partial charge is 0.308 e. The summed E-state index contributed by atoms with van der Waals surface area (Å²) in [6, 6.07) is 5.16. The van der Waals surface area contributed by atoms with Gasteiger partial charge in [0.1, 0.15) is 5.82 Å². The molecule has 0 aliphatic heterocycles. The Kier molecular flexibility index (Phi) is 3.27. The normalized spacial score (nSPS) is 10.2. The third-order valence-electron chi connectivity index (χ3n) is 2.36. The molecule has 2 amide bonds. The summed E-state index contributed by atoms with van der Waals surface area (Å²) in [7, 11) is 1.77. The molecule has 0 unspecified atom stereocenters. The number of halogens is 1. The van der Waals surface area contributed by atoms with Crippen molar-refractivity contribution >= 4 is 17.4 Å². The molecule has 0 atom stereocenters. The van der Waals surface area contributed by atoms with Crippen molar-refractivity contribution in [3.63, 3.8) is 0 Å². The standard InChI is InChI=1S/C12H13FN4O/c1-8-11(7-17(2)16-8)15-12(18)14-10-5-3-9(13)4-6-10/h3-7H,1-2H3,(H2,14,15,18). The number of aryl methyl sites for hydroxylation is 2. The summed E-state index contributed by atoms with van der Waals surface area (Å²) in [6.07, 6.45) is 1.71. The van der Waals surface area contributed by atoms with Crippen LogP contribution in [0.4, 0.5) is 20.6 Å². The molecule has 0 bridgehead atoms. The van der Waals surface area contributed by atoms with E-state index in [1.54, 1.807) is 24.9 Å². The molecule has 1 aromatic carbocycles. The number of carbonyl (C=O) groups is 1. The van der Waals surface area contributed by atoms with E-state index in [4.69, 9.17) is 0 Å². The maximum absolute atomic E-state index is 12.7. The van der Waals surface area contributed by atoms with Crippen LogP contribution in [0.2, 0.25) is 0 Å². The predicted octanol–water partition coefficient (Wildman–Crippen LogP) is 2.51. The average molecular weight is 248 g/mol. The number of amides is 2. The van der Waals surface area contributed by atoms with Gasteiger partial charge in [-0.15, -0.1) is 0 Å². The molecule has 1 aromatic heterocycles. The molecule has 0 saturated carbocycles. The van der Waals surface area contributed by atoms with Gasteiger partial charge in [-0.1, -0.05) is 0 Å². The zero-order chi connectivity index (χ0) is 13.1. The van der Waals surface area contributed by atoms with E-state index in [-0.39, 0.29) is 5.82 Å². The molecule has 18 heavy (non-hydrogen) atoms. The van der Waals surface area contributed by atoms with E-state index in [0.29, 0.717) is 11.4 Å². The van der Waals surface area contributed by atoms with Gasteiger partial charge in [0.25, 0.3) is 0 Å². The third-order valence-corrected chi connectivity index (χ3v) is 2.36. The quantitative estimate of drug-likeness (QED) is 0.857. The zero-order valence-corrected chi connectivity index (χ0v) is 10.1. The first-order valence-electron chi connectivity index (χ1n) is 5.38. The van der Waals surface area contributed by atoms with Gasteiger partial charge in [-0.05, 0) is 31.2 Å². The SMILES string of the molecule is Cc1nn(C)cc1NC(=O)Nc1ccc(F)cc1. The lowest BCUT2D eigenvalue weighted by molar-refractivity contribution is 0.262. The first-order chi connectivity index (χ1) is 8.54. The Morgan fingerprint density at radius 3 is 2.50 bits per heavy atom. The van der Waals surface area contributed by atoms with Crippen molar-refractivity contribution in [1.29, 1.82) is 0 Å². The average Bonchev–Trinajstić information content (AvgIpc) is 2.61. The first kappa shape index (κ1) is 12.1. The highest BCUT2D eigenvalue weighted by molar-refractivity contribution is 5.99. The van der Waals surface area contributed by atoms with E-state index >= 15 is 0 Å². The Morgan fingerprint density at radius 1 is 1.28 bits per heavy atom. The van der Waals surface area contributed by atoms with Crippen LogP contribution in [0.3, 0.4) is 0 Å². The van der Waals surface area contributed by atoms with Gasteiger partial charge in [-0.3, -0.25) is 4.68 Å². The molecule has 0 aliphatic rings. The third kappa shape index (κ3) is 2.85. The second kappa shape index (κ2) is 4.87. The van der Waals surface area contributed by atoms with Gasteiger partial charge < -0.3 is 10.6 Å². The number of aromatic nitrogens is 2. The number of benzene rings is 1. The van der Waals surface area contributed by atoms with Gasteiger partial charge in [0.2, 0.25) is 0 Å². The van der Waals surface area contributed by atoms with Crippen LogP contribution >= 0.6 is 0 Å². The summed E-state index contributed by atoms with van der Waals surface area (Å²) in [4.78, 5) is 11.7. The van der Waals surface area contributed by atoms with Gasteiger partial charge in [-0.2, -0.15) is 5.10 Å². The molecule has 2 N–H and O–H groups in total. The van der Waals surface area contributed by atoms with Crippen LogP contribution in [0.25, 0.3) is 0 Å². The maximum atomic E-state index is 12.7. The summed E-state index contributed by atoms with van der Waals surface area (Å²) in [5.74, 6) is -0.343. The minimum Gasteiger partial charge on any atom is -0.308 e. The Labute approximate surface area is 104 Å². The van der Waals surface area contributed by atoms with Crippen molar-refractivity contribution in [3.05, 3.63) is 42.0 Å². The van der Waals surface area contributed by atoms with Crippen LogP contribution in [-0.4, -0.2) is 15.8 Å². The fourth-order valence-electron chi connectivity index (χ4n) is 1.54. The summed E-state index contributed by atoms with van der Waals surface area (Å²) in [5.41, 5.74) is 1.89. The molecule has 0 fully saturated rings. The summed E-state index contributed by atoms with van der Waals surface area (Å²) >= 11 is 0. The van der Waals surface area contributed by atoms with E-state index in [1.807, 2.05) is 0 Å². The number of carbonyl (C=O) groups excluding carboxylic acids is 1. The molecular formula is C12H13FN4O. The Bertz CT molecular complexity index is 562. The maximum Gasteiger partial charge on any atom is 0.323 e. The molecule has 0 spiro atoms. The van der Waals surface area contributed by atoms with Crippen molar-refractivity contribution in [3.8, 4) is 0 Å². The molecule has 5 nitrogen and oxygen atoms in total. The van der Waals surface area contributed by atoms with E-state index in [9.17, 15) is 9.18 Å². The van der Waals surface area contributed by atoms with Gasteiger partial charge in [0.05, 0.1) is 11.4 Å². The van der Waals surface area contributed by atoms with Crippen molar-refractivity contribution < 1.29 is 9.18 Å². The molecule has 2 aromatic rings. The number of anilines is 2. The molecule has 0 aliphatic carbocycles. The van der Waals surface area contributed by atoms with E-state index in [2.05, 4.69) is 15.7 Å². The fourth-order valence-corrected chi connectivity index (χ4v) is 1.54. The number of hydrogen-bond donors (Lipinski definition) is 2. The lowest BCUT2D eigenvalue weighted by Gasteiger charge is -2.06. The highest BCUT2D eigenvalue weighted by Gasteiger charge is 2.07. The predicted molar refractivity (Wildman–Crippen MR) is 67.0 cm³/mol. The molecule has 2 rings (SSSR count). The molecule has 1 heterocycles. The van der Waals surface area contributed by atoms with E-state index in [0.717, 1.165) is 5.69 Å². The van der Waals surface area contributed by atoms with Crippen molar-refractivity contribution in [1.82, 2.24) is 9.78 Å². The van der Waals surface area contributed by atoms with Gasteiger partial charge in [0.15, 0.2) is 0 Å².